The molecule has 2 rings (SSSR count). The molecular formula is C14H15FN4O. The maximum atomic E-state index is 13.2. The van der Waals surface area contributed by atoms with E-state index in [0.717, 1.165) is 11.8 Å². The summed E-state index contributed by atoms with van der Waals surface area (Å²) in [6, 6.07) is 4.93. The maximum absolute atomic E-state index is 13.2. The van der Waals surface area contributed by atoms with Gasteiger partial charge in [-0.1, -0.05) is 0 Å². The molecule has 0 aliphatic carbocycles. The molecular weight excluding hydrogens is 259 g/mol. The summed E-state index contributed by atoms with van der Waals surface area (Å²) in [5.74, 6) is -0.536. The van der Waals surface area contributed by atoms with Gasteiger partial charge in [-0.25, -0.2) is 9.37 Å². The Morgan fingerprint density at radius 3 is 2.80 bits per heavy atom. The van der Waals surface area contributed by atoms with Gasteiger partial charge in [-0.05, 0) is 30.2 Å². The van der Waals surface area contributed by atoms with Crippen molar-refractivity contribution in [2.45, 2.75) is 6.42 Å². The minimum absolute atomic E-state index is 0.197. The second kappa shape index (κ2) is 6.60. The number of aromatic nitrogens is 2. The number of halogens is 1. The summed E-state index contributed by atoms with van der Waals surface area (Å²) in [4.78, 5) is 19.7. The largest absolute Gasteiger partial charge is 0.372 e. The molecule has 6 heteroatoms. The number of amides is 1. The minimum Gasteiger partial charge on any atom is -0.372 e. The Labute approximate surface area is 116 Å². The minimum atomic E-state index is -0.539. The van der Waals surface area contributed by atoms with Crippen LogP contribution in [0.2, 0.25) is 0 Å². The summed E-state index contributed by atoms with van der Waals surface area (Å²) in [7, 11) is 1.63. The van der Waals surface area contributed by atoms with E-state index in [2.05, 4.69) is 20.6 Å². The first-order valence-electron chi connectivity index (χ1n) is 6.21. The molecule has 20 heavy (non-hydrogen) atoms. The average Bonchev–Trinajstić information content (AvgIpc) is 2.48. The van der Waals surface area contributed by atoms with Crippen LogP contribution in [-0.2, 0) is 6.42 Å². The van der Waals surface area contributed by atoms with E-state index in [9.17, 15) is 9.18 Å². The third-order valence-electron chi connectivity index (χ3n) is 2.78. The molecule has 0 atom stereocenters. The molecule has 2 N–H and O–H groups in total. The Morgan fingerprint density at radius 1 is 1.35 bits per heavy atom. The quantitative estimate of drug-likeness (QED) is 0.869. The van der Waals surface area contributed by atoms with Crippen LogP contribution in [0.15, 0.2) is 36.8 Å². The van der Waals surface area contributed by atoms with Crippen LogP contribution < -0.4 is 10.6 Å². The molecule has 2 aromatic rings. The number of hydrogen-bond donors (Lipinski definition) is 2. The Hall–Kier alpha value is -2.50. The van der Waals surface area contributed by atoms with Gasteiger partial charge in [0.2, 0.25) is 0 Å². The maximum Gasteiger partial charge on any atom is 0.255 e. The molecule has 0 aromatic carbocycles. The smallest absolute Gasteiger partial charge is 0.255 e. The zero-order valence-electron chi connectivity index (χ0n) is 11.1. The van der Waals surface area contributed by atoms with E-state index in [4.69, 9.17) is 0 Å². The zero-order valence-corrected chi connectivity index (χ0v) is 11.1. The molecule has 0 spiro atoms. The third kappa shape index (κ3) is 3.50. The van der Waals surface area contributed by atoms with Gasteiger partial charge in [0.1, 0.15) is 11.6 Å². The molecule has 104 valence electrons. The van der Waals surface area contributed by atoms with E-state index in [0.29, 0.717) is 18.8 Å². The fraction of sp³-hybridized carbons (Fsp3) is 0.214. The van der Waals surface area contributed by atoms with Gasteiger partial charge in [-0.3, -0.25) is 9.78 Å². The van der Waals surface area contributed by atoms with Crippen molar-refractivity contribution in [1.82, 2.24) is 15.3 Å². The SMILES string of the molecule is CNc1ncc(F)cc1C(=O)NCCc1ccncc1. The lowest BCUT2D eigenvalue weighted by Gasteiger charge is -2.09. The summed E-state index contributed by atoms with van der Waals surface area (Å²) in [6.07, 6.45) is 5.16. The molecule has 0 aliphatic rings. The number of pyridine rings is 2. The van der Waals surface area contributed by atoms with Gasteiger partial charge < -0.3 is 10.6 Å². The van der Waals surface area contributed by atoms with Crippen LogP contribution in [0.5, 0.6) is 0 Å². The van der Waals surface area contributed by atoms with Gasteiger partial charge >= 0.3 is 0 Å². The van der Waals surface area contributed by atoms with Gasteiger partial charge in [-0.15, -0.1) is 0 Å². The van der Waals surface area contributed by atoms with Crippen LogP contribution in [0.25, 0.3) is 0 Å². The van der Waals surface area contributed by atoms with Crippen molar-refractivity contribution < 1.29 is 9.18 Å². The first kappa shape index (κ1) is 13.9. The van der Waals surface area contributed by atoms with Crippen LogP contribution in [0.3, 0.4) is 0 Å². The predicted octanol–water partition coefficient (Wildman–Crippen LogP) is 1.63. The monoisotopic (exact) mass is 274 g/mol. The zero-order chi connectivity index (χ0) is 14.4. The summed E-state index contributed by atoms with van der Waals surface area (Å²) in [5, 5.41) is 5.51. The Bertz CT molecular complexity index is 589. The Balaban J connectivity index is 1.97. The molecule has 5 nitrogen and oxygen atoms in total. The normalized spacial score (nSPS) is 10.1. The van der Waals surface area contributed by atoms with Crippen LogP contribution in [-0.4, -0.2) is 29.5 Å². The first-order chi connectivity index (χ1) is 9.70. The summed E-state index contributed by atoms with van der Waals surface area (Å²) >= 11 is 0. The van der Waals surface area contributed by atoms with Crippen molar-refractivity contribution in [3.8, 4) is 0 Å². The highest BCUT2D eigenvalue weighted by molar-refractivity contribution is 5.98. The number of carbonyl (C=O) groups is 1. The molecule has 0 aliphatic heterocycles. The molecule has 0 saturated carbocycles. The van der Waals surface area contributed by atoms with Gasteiger partial charge in [0.25, 0.3) is 5.91 Å². The highest BCUT2D eigenvalue weighted by atomic mass is 19.1. The Kier molecular flexibility index (Phi) is 4.60. The van der Waals surface area contributed by atoms with Gasteiger partial charge in [-0.2, -0.15) is 0 Å². The predicted molar refractivity (Wildman–Crippen MR) is 74.0 cm³/mol. The van der Waals surface area contributed by atoms with Gasteiger partial charge in [0, 0.05) is 26.0 Å². The standard InChI is InChI=1S/C14H15FN4O/c1-16-13-12(8-11(15)9-19-13)14(20)18-7-4-10-2-5-17-6-3-10/h2-3,5-6,8-9H,4,7H2,1H3,(H,16,19)(H,18,20). The van der Waals surface area contributed by atoms with Crippen LogP contribution in [0.4, 0.5) is 10.2 Å². The average molecular weight is 274 g/mol. The van der Waals surface area contributed by atoms with E-state index in [1.165, 1.54) is 6.07 Å². The van der Waals surface area contributed by atoms with Crippen molar-refractivity contribution in [2.75, 3.05) is 18.9 Å². The van der Waals surface area contributed by atoms with Crippen LogP contribution >= 0.6 is 0 Å². The van der Waals surface area contributed by atoms with E-state index < -0.39 is 5.82 Å². The number of nitrogens with zero attached hydrogens (tertiary/aromatic N) is 2. The highest BCUT2D eigenvalue weighted by Crippen LogP contribution is 2.12. The summed E-state index contributed by atoms with van der Waals surface area (Å²) < 4.78 is 13.2. The first-order valence-corrected chi connectivity index (χ1v) is 6.21. The number of carbonyl (C=O) groups excluding carboxylic acids is 1. The molecule has 0 bridgehead atoms. The van der Waals surface area contributed by atoms with Gasteiger partial charge in [0.05, 0.1) is 11.8 Å². The fourth-order valence-electron chi connectivity index (χ4n) is 1.78. The molecule has 2 heterocycles. The summed E-state index contributed by atoms with van der Waals surface area (Å²) in [5.41, 5.74) is 1.27. The number of hydrogen-bond acceptors (Lipinski definition) is 4. The molecule has 0 saturated heterocycles. The molecule has 0 radical (unpaired) electrons. The van der Waals surface area contributed by atoms with E-state index in [1.54, 1.807) is 19.4 Å². The summed E-state index contributed by atoms with van der Waals surface area (Å²) in [6.45, 7) is 0.461. The number of rotatable bonds is 5. The molecule has 0 fully saturated rings. The third-order valence-corrected chi connectivity index (χ3v) is 2.78. The fourth-order valence-corrected chi connectivity index (χ4v) is 1.78. The van der Waals surface area contributed by atoms with Crippen molar-refractivity contribution in [3.63, 3.8) is 0 Å². The Morgan fingerprint density at radius 2 is 2.10 bits per heavy atom. The molecule has 2 aromatic heterocycles. The highest BCUT2D eigenvalue weighted by Gasteiger charge is 2.12. The second-order valence-corrected chi connectivity index (χ2v) is 4.16. The number of anilines is 1. The van der Waals surface area contributed by atoms with E-state index >= 15 is 0 Å². The van der Waals surface area contributed by atoms with Crippen molar-refractivity contribution >= 4 is 11.7 Å². The second-order valence-electron chi connectivity index (χ2n) is 4.16. The lowest BCUT2D eigenvalue weighted by atomic mass is 10.2. The number of nitrogens with one attached hydrogen (secondary N) is 2. The molecule has 1 amide bonds. The van der Waals surface area contributed by atoms with E-state index in [1.807, 2.05) is 12.1 Å². The van der Waals surface area contributed by atoms with Gasteiger partial charge in [0.15, 0.2) is 0 Å². The molecule has 0 unspecified atom stereocenters. The van der Waals surface area contributed by atoms with Crippen LogP contribution in [0, 0.1) is 5.82 Å². The van der Waals surface area contributed by atoms with Crippen molar-refractivity contribution in [3.05, 3.63) is 53.7 Å². The lowest BCUT2D eigenvalue weighted by Crippen LogP contribution is -2.26. The van der Waals surface area contributed by atoms with Crippen LogP contribution in [0.1, 0.15) is 15.9 Å². The lowest BCUT2D eigenvalue weighted by molar-refractivity contribution is 0.0954. The van der Waals surface area contributed by atoms with E-state index in [-0.39, 0.29) is 11.5 Å². The van der Waals surface area contributed by atoms with Crippen molar-refractivity contribution in [2.24, 2.45) is 0 Å². The topological polar surface area (TPSA) is 66.9 Å². The van der Waals surface area contributed by atoms with Crippen molar-refractivity contribution in [1.29, 1.82) is 0 Å².